The summed E-state index contributed by atoms with van der Waals surface area (Å²) in [5, 5.41) is 4.43. The second kappa shape index (κ2) is 5.35. The summed E-state index contributed by atoms with van der Waals surface area (Å²) in [6, 6.07) is 1.65. The number of carbonyl (C=O) groups is 1. The molecule has 0 aromatic carbocycles. The Kier molecular flexibility index (Phi) is 3.33. The summed E-state index contributed by atoms with van der Waals surface area (Å²) in [4.78, 5) is 22.7. The molecule has 4 rings (SSSR count). The Morgan fingerprint density at radius 2 is 2.18 bits per heavy atom. The van der Waals surface area contributed by atoms with Gasteiger partial charge in [-0.25, -0.2) is 0 Å². The number of pyridine rings is 1. The fourth-order valence-electron chi connectivity index (χ4n) is 2.79. The third-order valence-electron chi connectivity index (χ3n) is 4.23. The van der Waals surface area contributed by atoms with E-state index < -0.39 is 0 Å². The minimum atomic E-state index is -0.0724. The number of rotatable bonds is 3. The average molecular weight is 319 g/mol. The molecular formula is C15H15ClN4O2. The van der Waals surface area contributed by atoms with Crippen LogP contribution in [0, 0.1) is 0 Å². The van der Waals surface area contributed by atoms with Crippen LogP contribution < -0.4 is 0 Å². The number of likely N-dealkylation sites (tertiary alicyclic amines) is 1. The Morgan fingerprint density at radius 3 is 2.95 bits per heavy atom. The molecule has 7 heteroatoms. The zero-order valence-electron chi connectivity index (χ0n) is 11.9. The van der Waals surface area contributed by atoms with Gasteiger partial charge in [0.2, 0.25) is 5.89 Å². The molecule has 2 fully saturated rings. The van der Waals surface area contributed by atoms with Gasteiger partial charge < -0.3 is 9.42 Å². The monoisotopic (exact) mass is 318 g/mol. The minimum Gasteiger partial charge on any atom is -0.339 e. The Hall–Kier alpha value is -1.95. The molecule has 1 amide bonds. The fraction of sp³-hybridized carbons (Fsp3) is 0.467. The summed E-state index contributed by atoms with van der Waals surface area (Å²) in [6.45, 7) is 1.26. The van der Waals surface area contributed by atoms with E-state index in [0.717, 1.165) is 25.1 Å². The van der Waals surface area contributed by atoms with Gasteiger partial charge in [-0.3, -0.25) is 9.78 Å². The molecule has 1 aliphatic heterocycles. The van der Waals surface area contributed by atoms with Crippen molar-refractivity contribution < 1.29 is 9.32 Å². The highest BCUT2D eigenvalue weighted by atomic mass is 35.5. The predicted octanol–water partition coefficient (Wildman–Crippen LogP) is 2.63. The quantitative estimate of drug-likeness (QED) is 0.870. The van der Waals surface area contributed by atoms with Crippen molar-refractivity contribution in [1.82, 2.24) is 20.0 Å². The van der Waals surface area contributed by atoms with Crippen LogP contribution in [0.2, 0.25) is 5.02 Å². The lowest BCUT2D eigenvalue weighted by molar-refractivity contribution is 0.0789. The molecule has 2 aliphatic rings. The molecule has 22 heavy (non-hydrogen) atoms. The lowest BCUT2D eigenvalue weighted by Gasteiger charge is -2.16. The SMILES string of the molecule is O=C(c1ccncc1Cl)N1CC[C@@H](c2nc(C3CC3)no2)C1. The van der Waals surface area contributed by atoms with E-state index in [0.29, 0.717) is 35.5 Å². The van der Waals surface area contributed by atoms with E-state index in [1.54, 1.807) is 17.2 Å². The Labute approximate surface area is 132 Å². The number of nitrogens with zero attached hydrogens (tertiary/aromatic N) is 4. The lowest BCUT2D eigenvalue weighted by Crippen LogP contribution is -2.28. The normalized spacial score (nSPS) is 21.3. The minimum absolute atomic E-state index is 0.0724. The Balaban J connectivity index is 1.47. The Bertz CT molecular complexity index is 713. The number of aromatic nitrogens is 3. The topological polar surface area (TPSA) is 72.1 Å². The molecule has 1 aliphatic carbocycles. The molecule has 1 saturated heterocycles. The predicted molar refractivity (Wildman–Crippen MR) is 78.8 cm³/mol. The highest BCUT2D eigenvalue weighted by molar-refractivity contribution is 6.33. The van der Waals surface area contributed by atoms with Crippen molar-refractivity contribution in [2.75, 3.05) is 13.1 Å². The van der Waals surface area contributed by atoms with Crippen LogP contribution in [0.5, 0.6) is 0 Å². The van der Waals surface area contributed by atoms with Gasteiger partial charge in [-0.2, -0.15) is 4.98 Å². The molecule has 2 aromatic rings. The van der Waals surface area contributed by atoms with Gasteiger partial charge in [0.05, 0.1) is 16.5 Å². The van der Waals surface area contributed by atoms with Crippen molar-refractivity contribution in [1.29, 1.82) is 0 Å². The van der Waals surface area contributed by atoms with Gasteiger partial charge in [-0.15, -0.1) is 0 Å². The van der Waals surface area contributed by atoms with E-state index in [4.69, 9.17) is 16.1 Å². The maximum absolute atomic E-state index is 12.5. The summed E-state index contributed by atoms with van der Waals surface area (Å²) in [6.07, 6.45) is 6.19. The molecule has 0 radical (unpaired) electrons. The average Bonchev–Trinajstić information content (AvgIpc) is 3.07. The highest BCUT2D eigenvalue weighted by Crippen LogP contribution is 2.39. The van der Waals surface area contributed by atoms with Crippen LogP contribution >= 0.6 is 11.6 Å². The first-order valence-corrected chi connectivity index (χ1v) is 7.82. The molecule has 0 unspecified atom stereocenters. The van der Waals surface area contributed by atoms with Crippen molar-refractivity contribution in [3.8, 4) is 0 Å². The molecule has 6 nitrogen and oxygen atoms in total. The van der Waals surface area contributed by atoms with Crippen LogP contribution in [0.3, 0.4) is 0 Å². The number of hydrogen-bond donors (Lipinski definition) is 0. The van der Waals surface area contributed by atoms with Crippen molar-refractivity contribution >= 4 is 17.5 Å². The van der Waals surface area contributed by atoms with E-state index in [2.05, 4.69) is 15.1 Å². The van der Waals surface area contributed by atoms with Gasteiger partial charge >= 0.3 is 0 Å². The van der Waals surface area contributed by atoms with Gasteiger partial charge in [-0.1, -0.05) is 16.8 Å². The van der Waals surface area contributed by atoms with Crippen LogP contribution in [0.4, 0.5) is 0 Å². The number of carbonyl (C=O) groups excluding carboxylic acids is 1. The molecular weight excluding hydrogens is 304 g/mol. The van der Waals surface area contributed by atoms with E-state index in [-0.39, 0.29) is 11.8 Å². The summed E-state index contributed by atoms with van der Waals surface area (Å²) >= 11 is 6.05. The first kappa shape index (κ1) is 13.7. The fourth-order valence-corrected chi connectivity index (χ4v) is 2.99. The van der Waals surface area contributed by atoms with Crippen molar-refractivity contribution in [3.63, 3.8) is 0 Å². The third-order valence-corrected chi connectivity index (χ3v) is 4.53. The van der Waals surface area contributed by atoms with E-state index in [1.165, 1.54) is 6.20 Å². The first-order valence-electron chi connectivity index (χ1n) is 7.44. The van der Waals surface area contributed by atoms with Crippen LogP contribution in [0.15, 0.2) is 23.0 Å². The number of halogens is 1. The smallest absolute Gasteiger partial charge is 0.255 e. The summed E-state index contributed by atoms with van der Waals surface area (Å²) < 4.78 is 5.37. The van der Waals surface area contributed by atoms with Gasteiger partial charge in [0.1, 0.15) is 0 Å². The van der Waals surface area contributed by atoms with Crippen molar-refractivity contribution in [3.05, 3.63) is 40.8 Å². The third kappa shape index (κ3) is 2.47. The van der Waals surface area contributed by atoms with E-state index >= 15 is 0 Å². The van der Waals surface area contributed by atoms with Crippen LogP contribution in [0.25, 0.3) is 0 Å². The van der Waals surface area contributed by atoms with Crippen LogP contribution in [0.1, 0.15) is 53.2 Å². The van der Waals surface area contributed by atoms with Gasteiger partial charge in [0, 0.05) is 31.4 Å². The summed E-state index contributed by atoms with van der Waals surface area (Å²) in [7, 11) is 0. The number of amides is 1. The van der Waals surface area contributed by atoms with Crippen molar-refractivity contribution in [2.45, 2.75) is 31.1 Å². The number of hydrogen-bond acceptors (Lipinski definition) is 5. The molecule has 114 valence electrons. The standard InChI is InChI=1S/C15H15ClN4O2/c16-12-7-17-5-3-11(12)15(21)20-6-4-10(8-20)14-18-13(19-22-14)9-1-2-9/h3,5,7,9-10H,1-2,4,6,8H2/t10-/m1/s1. The molecule has 3 heterocycles. The maximum atomic E-state index is 12.5. The zero-order valence-corrected chi connectivity index (χ0v) is 12.7. The molecule has 0 bridgehead atoms. The zero-order chi connectivity index (χ0) is 15.1. The van der Waals surface area contributed by atoms with Gasteiger partial charge in [0.15, 0.2) is 5.82 Å². The molecule has 0 N–H and O–H groups in total. The molecule has 0 spiro atoms. The highest BCUT2D eigenvalue weighted by Gasteiger charge is 2.34. The lowest BCUT2D eigenvalue weighted by atomic mass is 10.1. The van der Waals surface area contributed by atoms with E-state index in [9.17, 15) is 4.79 Å². The molecule has 1 atom stereocenters. The van der Waals surface area contributed by atoms with Crippen LogP contribution in [-0.2, 0) is 0 Å². The maximum Gasteiger partial charge on any atom is 0.255 e. The van der Waals surface area contributed by atoms with E-state index in [1.807, 2.05) is 0 Å². The molecule has 2 aromatic heterocycles. The second-order valence-electron chi connectivity index (χ2n) is 5.86. The second-order valence-corrected chi connectivity index (χ2v) is 6.26. The van der Waals surface area contributed by atoms with Gasteiger partial charge in [-0.05, 0) is 25.3 Å². The van der Waals surface area contributed by atoms with Crippen LogP contribution in [-0.4, -0.2) is 39.0 Å². The molecule has 1 saturated carbocycles. The van der Waals surface area contributed by atoms with Crippen molar-refractivity contribution in [2.24, 2.45) is 0 Å². The largest absolute Gasteiger partial charge is 0.339 e. The summed E-state index contributed by atoms with van der Waals surface area (Å²) in [5.74, 6) is 1.99. The summed E-state index contributed by atoms with van der Waals surface area (Å²) in [5.41, 5.74) is 0.488. The first-order chi connectivity index (χ1) is 10.7. The Morgan fingerprint density at radius 1 is 1.32 bits per heavy atom. The van der Waals surface area contributed by atoms with Gasteiger partial charge in [0.25, 0.3) is 5.91 Å².